The molecule has 0 radical (unpaired) electrons. The Morgan fingerprint density at radius 2 is 0.902 bits per heavy atom. The fourth-order valence-corrected chi connectivity index (χ4v) is 9.93. The largest absolute Gasteiger partial charge is 4.00 e. The fourth-order valence-electron chi connectivity index (χ4n) is 5.09. The molecule has 6 aromatic rings. The molecule has 0 fully saturated rings. The summed E-state index contributed by atoms with van der Waals surface area (Å²) in [6, 6.07) is 48.5. The summed E-state index contributed by atoms with van der Waals surface area (Å²) in [7, 11) is -0.396. The Bertz CT molecular complexity index is 1450. The zero-order valence-electron chi connectivity index (χ0n) is 23.7. The van der Waals surface area contributed by atoms with Crippen LogP contribution in [-0.2, 0) is 21.7 Å². The van der Waals surface area contributed by atoms with Gasteiger partial charge in [0.25, 0.3) is 0 Å². The third-order valence-electron chi connectivity index (χ3n) is 6.84. The molecule has 0 atom stereocenters. The Balaban J connectivity index is 0.000000279. The summed E-state index contributed by atoms with van der Waals surface area (Å²) in [5.41, 5.74) is 0. The van der Waals surface area contributed by atoms with Crippen molar-refractivity contribution in [3.05, 3.63) is 133 Å². The van der Waals surface area contributed by atoms with Crippen LogP contribution in [-0.4, -0.2) is 12.3 Å². The molecule has 0 heterocycles. The Hall–Kier alpha value is -1.75. The summed E-state index contributed by atoms with van der Waals surface area (Å²) < 4.78 is 0. The first-order valence-corrected chi connectivity index (χ1v) is 16.8. The predicted molar refractivity (Wildman–Crippen MR) is 175 cm³/mol. The van der Waals surface area contributed by atoms with Crippen LogP contribution in [0.25, 0.3) is 21.5 Å². The van der Waals surface area contributed by atoms with Gasteiger partial charge in [-0.3, -0.25) is 0 Å². The van der Waals surface area contributed by atoms with Crippen LogP contribution in [0.1, 0.15) is 26.7 Å². The van der Waals surface area contributed by atoms with Crippen LogP contribution >= 0.6 is 15.8 Å². The fraction of sp³-hybridized carbons (Fsp3) is 0.167. The number of hydrogen-bond donors (Lipinski definition) is 0. The summed E-state index contributed by atoms with van der Waals surface area (Å²) in [4.78, 5) is 0. The molecule has 6 aromatic carbocycles. The zero-order chi connectivity index (χ0) is 26.2. The first-order valence-electron chi connectivity index (χ1n) is 13.7. The van der Waals surface area contributed by atoms with Crippen molar-refractivity contribution in [2.45, 2.75) is 26.7 Å². The van der Waals surface area contributed by atoms with Crippen molar-refractivity contribution >= 4 is 58.6 Å². The van der Waals surface area contributed by atoms with E-state index in [4.69, 9.17) is 0 Å². The molecule has 0 nitrogen and oxygen atoms in total. The minimum absolute atomic E-state index is 0. The smallest absolute Gasteiger partial charge is 1.00 e. The predicted octanol–water partition coefficient (Wildman–Crippen LogP) is 2.81. The molecule has 0 saturated heterocycles. The summed E-state index contributed by atoms with van der Waals surface area (Å²) in [5.74, 6) is 0. The van der Waals surface area contributed by atoms with Gasteiger partial charge in [0.05, 0.1) is 0 Å². The van der Waals surface area contributed by atoms with Crippen LogP contribution in [0.15, 0.2) is 133 Å². The quantitative estimate of drug-likeness (QED) is 0.135. The van der Waals surface area contributed by atoms with Gasteiger partial charge in [-0.15, -0.1) is 80.7 Å². The van der Waals surface area contributed by atoms with E-state index in [2.05, 4.69) is 147 Å². The van der Waals surface area contributed by atoms with Crippen molar-refractivity contribution in [1.29, 1.82) is 0 Å². The molecule has 41 heavy (non-hydrogen) atoms. The number of hydrogen-bond acceptors (Lipinski definition) is 0. The normalized spacial score (nSPS) is 10.4. The molecule has 5 heteroatoms. The van der Waals surface area contributed by atoms with Crippen LogP contribution < -0.4 is 46.0 Å². The third kappa shape index (κ3) is 9.12. The Morgan fingerprint density at radius 3 is 1.34 bits per heavy atom. The van der Waals surface area contributed by atoms with Crippen LogP contribution in [0.4, 0.5) is 0 Å². The molecular weight excluding hydrogens is 613 g/mol. The van der Waals surface area contributed by atoms with Crippen LogP contribution in [0.5, 0.6) is 0 Å². The van der Waals surface area contributed by atoms with Crippen LogP contribution in [0.3, 0.4) is 0 Å². The maximum absolute atomic E-state index is 2.41. The van der Waals surface area contributed by atoms with Crippen molar-refractivity contribution in [3.8, 4) is 0 Å². The van der Waals surface area contributed by atoms with E-state index in [0.29, 0.717) is 0 Å². The molecule has 6 rings (SSSR count). The summed E-state index contributed by atoms with van der Waals surface area (Å²) in [6.07, 6.45) is 5.40. The SMILES string of the molecule is CCCP(CCC)c1cc2ccccc2[cH-]1.[Cl-].[Cl-].[Ti+4].c1ccc(P(c2ccccc2)c2cc3ccccc3[cH-]2)cc1. The molecule has 0 bridgehead atoms. The Kier molecular flexibility index (Phi) is 15.6. The van der Waals surface area contributed by atoms with Crippen molar-refractivity contribution in [1.82, 2.24) is 0 Å². The van der Waals surface area contributed by atoms with Gasteiger partial charge in [-0.05, 0) is 30.9 Å². The third-order valence-corrected chi connectivity index (χ3v) is 12.2. The number of benzene rings is 4. The Morgan fingerprint density at radius 1 is 0.512 bits per heavy atom. The number of halogens is 2. The second-order valence-electron chi connectivity index (χ2n) is 9.68. The second kappa shape index (κ2) is 18.0. The van der Waals surface area contributed by atoms with Gasteiger partial charge in [0.2, 0.25) is 0 Å². The molecule has 208 valence electrons. The average molecular weight is 649 g/mol. The van der Waals surface area contributed by atoms with E-state index in [-0.39, 0.29) is 54.5 Å². The van der Waals surface area contributed by atoms with E-state index in [9.17, 15) is 0 Å². The van der Waals surface area contributed by atoms with Gasteiger partial charge in [-0.1, -0.05) is 107 Å². The molecule has 0 amide bonds. The average Bonchev–Trinajstić information content (AvgIpc) is 3.59. The van der Waals surface area contributed by atoms with Gasteiger partial charge in [0.1, 0.15) is 0 Å². The van der Waals surface area contributed by atoms with E-state index in [1.54, 1.807) is 5.30 Å². The molecule has 0 aliphatic rings. The van der Waals surface area contributed by atoms with Crippen molar-refractivity contribution in [2.75, 3.05) is 12.3 Å². The van der Waals surface area contributed by atoms with Crippen LogP contribution in [0, 0.1) is 0 Å². The molecule has 0 N–H and O–H groups in total. The van der Waals surface area contributed by atoms with Crippen LogP contribution in [0.2, 0.25) is 0 Å². The molecule has 0 unspecified atom stereocenters. The molecule has 0 aromatic heterocycles. The van der Waals surface area contributed by atoms with Gasteiger partial charge in [-0.25, -0.2) is 0 Å². The molecule has 0 saturated carbocycles. The number of fused-ring (bicyclic) bond motifs is 2. The first-order chi connectivity index (χ1) is 18.8. The van der Waals surface area contributed by atoms with E-state index in [0.717, 1.165) is 0 Å². The second-order valence-corrected chi connectivity index (χ2v) is 14.4. The minimum Gasteiger partial charge on any atom is -1.00 e. The van der Waals surface area contributed by atoms with Gasteiger partial charge in [0, 0.05) is 0 Å². The van der Waals surface area contributed by atoms with Crippen molar-refractivity contribution in [2.24, 2.45) is 0 Å². The maximum atomic E-state index is 2.41. The summed E-state index contributed by atoms with van der Waals surface area (Å²) >= 11 is 0. The van der Waals surface area contributed by atoms with E-state index in [1.807, 2.05) is 0 Å². The standard InChI is InChI=1S/C21H16P.C15H20P.2ClH.Ti/c1-3-11-19(12-4-1)22(20-13-5-2-6-14-20)21-15-17-9-7-8-10-18(17)16-21;1-3-9-16(10-4-2)15-11-13-7-5-6-8-14(13)12-15;;;/h1-16H;5-8,11-12H,3-4,9-10H2,1-2H3;2*1H;/q2*-1;;;+4/p-2. The van der Waals surface area contributed by atoms with Gasteiger partial charge in [0.15, 0.2) is 0 Å². The van der Waals surface area contributed by atoms with E-state index in [1.165, 1.54) is 62.6 Å². The molecule has 0 aliphatic carbocycles. The zero-order valence-corrected chi connectivity index (χ0v) is 28.5. The van der Waals surface area contributed by atoms with Crippen molar-refractivity contribution in [3.63, 3.8) is 0 Å². The molecule has 0 spiro atoms. The minimum atomic E-state index is -0.493. The first kappa shape index (κ1) is 35.5. The number of rotatable bonds is 8. The topological polar surface area (TPSA) is 0 Å². The van der Waals surface area contributed by atoms with Gasteiger partial charge in [-0.2, -0.15) is 12.1 Å². The summed E-state index contributed by atoms with van der Waals surface area (Å²) in [5, 5.41) is 11.3. The Labute approximate surface area is 275 Å². The molecular formula is C36H36Cl2P2Ti. The molecule has 0 aliphatic heterocycles. The van der Waals surface area contributed by atoms with E-state index < -0.39 is 7.92 Å². The van der Waals surface area contributed by atoms with Crippen molar-refractivity contribution < 1.29 is 46.5 Å². The van der Waals surface area contributed by atoms with Gasteiger partial charge >= 0.3 is 21.7 Å². The van der Waals surface area contributed by atoms with Gasteiger partial charge < -0.3 is 24.8 Å². The summed E-state index contributed by atoms with van der Waals surface area (Å²) in [6.45, 7) is 4.60. The van der Waals surface area contributed by atoms with E-state index >= 15 is 0 Å². The monoisotopic (exact) mass is 648 g/mol. The maximum Gasteiger partial charge on any atom is 4.00 e.